The minimum Gasteiger partial charge on any atom is -0.381 e. The van der Waals surface area contributed by atoms with E-state index in [-0.39, 0.29) is 0 Å². The second-order valence-corrected chi connectivity index (χ2v) is 3.40. The summed E-state index contributed by atoms with van der Waals surface area (Å²) in [5.74, 6) is 0. The normalized spacial score (nSPS) is 10.4. The second-order valence-electron chi connectivity index (χ2n) is 3.40. The molecule has 14 heavy (non-hydrogen) atoms. The highest BCUT2D eigenvalue weighted by Gasteiger charge is 1.92. The highest BCUT2D eigenvalue weighted by Crippen LogP contribution is 2.02. The summed E-state index contributed by atoms with van der Waals surface area (Å²) in [5.41, 5.74) is 1.24. The van der Waals surface area contributed by atoms with E-state index in [2.05, 4.69) is 25.5 Å². The first-order chi connectivity index (χ1) is 6.93. The van der Waals surface area contributed by atoms with Crippen LogP contribution >= 0.6 is 0 Å². The summed E-state index contributed by atoms with van der Waals surface area (Å²) in [4.78, 5) is 0. The molecule has 0 aliphatic rings. The summed E-state index contributed by atoms with van der Waals surface area (Å²) >= 11 is 0. The molecule has 77 valence electrons. The summed E-state index contributed by atoms with van der Waals surface area (Å²) in [7, 11) is 0. The number of unbranched alkanes of at least 4 members (excludes halogenated alkanes) is 2. The highest BCUT2D eigenvalue weighted by molar-refractivity contribution is 5.22. The first-order valence-electron chi connectivity index (χ1n) is 5.39. The number of rotatable bonds is 7. The maximum atomic E-state index is 5.48. The third-order valence-corrected chi connectivity index (χ3v) is 2.13. The monoisotopic (exact) mass is 191 g/mol. The van der Waals surface area contributed by atoms with Crippen LogP contribution in [0.15, 0.2) is 30.3 Å². The molecule has 0 aliphatic heterocycles. The molecular weight excluding hydrogens is 172 g/mol. The van der Waals surface area contributed by atoms with E-state index in [1.165, 1.54) is 24.8 Å². The Hall–Kier alpha value is -0.820. The molecule has 0 saturated carbocycles. The lowest BCUT2D eigenvalue weighted by Crippen LogP contribution is -1.98. The maximum Gasteiger partial charge on any atom is 0.0541 e. The van der Waals surface area contributed by atoms with Gasteiger partial charge < -0.3 is 4.74 Å². The van der Waals surface area contributed by atoms with Gasteiger partial charge in [-0.05, 0) is 12.0 Å². The van der Waals surface area contributed by atoms with Crippen molar-refractivity contribution in [3.8, 4) is 0 Å². The summed E-state index contributed by atoms with van der Waals surface area (Å²) in [6, 6.07) is 10.3. The summed E-state index contributed by atoms with van der Waals surface area (Å²) in [6.07, 6.45) is 5.82. The zero-order valence-electron chi connectivity index (χ0n) is 8.91. The van der Waals surface area contributed by atoms with E-state index >= 15 is 0 Å². The van der Waals surface area contributed by atoms with Crippen molar-refractivity contribution in [3.63, 3.8) is 0 Å². The lowest BCUT2D eigenvalue weighted by Gasteiger charge is -2.03. The molecule has 0 N–H and O–H groups in total. The summed E-state index contributed by atoms with van der Waals surface area (Å²) < 4.78 is 5.48. The van der Waals surface area contributed by atoms with Crippen LogP contribution in [0.3, 0.4) is 0 Å². The van der Waals surface area contributed by atoms with Crippen molar-refractivity contribution in [2.75, 3.05) is 13.2 Å². The molecule has 0 aliphatic carbocycles. The molecule has 1 radical (unpaired) electrons. The molecule has 0 unspecified atom stereocenters. The van der Waals surface area contributed by atoms with E-state index in [1.54, 1.807) is 0 Å². The van der Waals surface area contributed by atoms with Crippen LogP contribution < -0.4 is 0 Å². The van der Waals surface area contributed by atoms with E-state index in [4.69, 9.17) is 4.74 Å². The standard InChI is InChI=1S/C13H19O/c1-2-3-7-11-14-12-10-13-8-5-4-6-9-13/h4-6,8-10H,2-3,7,11-12H2,1H3. The molecule has 1 heteroatoms. The maximum absolute atomic E-state index is 5.48. The van der Waals surface area contributed by atoms with Crippen LogP contribution in [0.5, 0.6) is 0 Å². The number of benzene rings is 1. The second kappa shape index (κ2) is 7.57. The smallest absolute Gasteiger partial charge is 0.0541 e. The van der Waals surface area contributed by atoms with E-state index < -0.39 is 0 Å². The Balaban J connectivity index is 1.99. The van der Waals surface area contributed by atoms with E-state index in [9.17, 15) is 0 Å². The fourth-order valence-electron chi connectivity index (χ4n) is 1.28. The molecule has 1 rings (SSSR count). The molecule has 1 nitrogen and oxygen atoms in total. The predicted molar refractivity (Wildman–Crippen MR) is 60.2 cm³/mol. The van der Waals surface area contributed by atoms with Gasteiger partial charge in [0, 0.05) is 13.0 Å². The van der Waals surface area contributed by atoms with Gasteiger partial charge in [0.2, 0.25) is 0 Å². The van der Waals surface area contributed by atoms with Crippen LogP contribution in [0.25, 0.3) is 0 Å². The van der Waals surface area contributed by atoms with Crippen LogP contribution in [0.2, 0.25) is 0 Å². The fraction of sp³-hybridized carbons (Fsp3) is 0.462. The van der Waals surface area contributed by atoms with Crippen LogP contribution in [0, 0.1) is 6.42 Å². The molecule has 0 fully saturated rings. The van der Waals surface area contributed by atoms with Gasteiger partial charge in [-0.15, -0.1) is 0 Å². The third-order valence-electron chi connectivity index (χ3n) is 2.13. The van der Waals surface area contributed by atoms with Gasteiger partial charge in [0.1, 0.15) is 0 Å². The van der Waals surface area contributed by atoms with Crippen molar-refractivity contribution in [1.82, 2.24) is 0 Å². The Bertz CT molecular complexity index is 218. The van der Waals surface area contributed by atoms with Crippen molar-refractivity contribution in [2.45, 2.75) is 26.2 Å². The van der Waals surface area contributed by atoms with Crippen molar-refractivity contribution >= 4 is 0 Å². The largest absolute Gasteiger partial charge is 0.381 e. The average molecular weight is 191 g/mol. The first kappa shape index (κ1) is 11.3. The lowest BCUT2D eigenvalue weighted by molar-refractivity contribution is 0.151. The SMILES string of the molecule is CCCCCOC[CH]c1ccccc1. The quantitative estimate of drug-likeness (QED) is 0.600. The molecule has 0 aromatic heterocycles. The topological polar surface area (TPSA) is 9.23 Å². The first-order valence-corrected chi connectivity index (χ1v) is 5.39. The number of hydrogen-bond donors (Lipinski definition) is 0. The molecule has 1 aromatic rings. The molecule has 0 atom stereocenters. The Morgan fingerprint density at radius 1 is 1.14 bits per heavy atom. The van der Waals surface area contributed by atoms with E-state index in [0.29, 0.717) is 0 Å². The van der Waals surface area contributed by atoms with Gasteiger partial charge in [-0.25, -0.2) is 0 Å². The van der Waals surface area contributed by atoms with Gasteiger partial charge in [-0.2, -0.15) is 0 Å². The lowest BCUT2D eigenvalue weighted by atomic mass is 10.2. The molecule has 0 amide bonds. The fourth-order valence-corrected chi connectivity index (χ4v) is 1.28. The summed E-state index contributed by atoms with van der Waals surface area (Å²) in [5, 5.41) is 0. The molecule has 0 heterocycles. The average Bonchev–Trinajstić information content (AvgIpc) is 2.25. The predicted octanol–water partition coefficient (Wildman–Crippen LogP) is 3.45. The van der Waals surface area contributed by atoms with Crippen molar-refractivity contribution in [1.29, 1.82) is 0 Å². The molecule has 0 saturated heterocycles. The minimum absolute atomic E-state index is 0.730. The van der Waals surface area contributed by atoms with Gasteiger partial charge >= 0.3 is 0 Å². The Morgan fingerprint density at radius 3 is 2.64 bits per heavy atom. The van der Waals surface area contributed by atoms with Crippen LogP contribution in [0.4, 0.5) is 0 Å². The van der Waals surface area contributed by atoms with Crippen LogP contribution in [0.1, 0.15) is 31.7 Å². The van der Waals surface area contributed by atoms with Crippen molar-refractivity contribution < 1.29 is 4.74 Å². The van der Waals surface area contributed by atoms with Crippen LogP contribution in [-0.4, -0.2) is 13.2 Å². The Kier molecular flexibility index (Phi) is 6.09. The zero-order valence-corrected chi connectivity index (χ0v) is 8.91. The Labute approximate surface area is 87.1 Å². The number of hydrogen-bond acceptors (Lipinski definition) is 1. The van der Waals surface area contributed by atoms with Gasteiger partial charge in [-0.1, -0.05) is 50.1 Å². The van der Waals surface area contributed by atoms with Gasteiger partial charge in [0.15, 0.2) is 0 Å². The van der Waals surface area contributed by atoms with Crippen molar-refractivity contribution in [3.05, 3.63) is 42.3 Å². The minimum atomic E-state index is 0.730. The van der Waals surface area contributed by atoms with Crippen LogP contribution in [-0.2, 0) is 4.74 Å². The van der Waals surface area contributed by atoms with Crippen molar-refractivity contribution in [2.24, 2.45) is 0 Å². The number of ether oxygens (including phenoxy) is 1. The molecule has 0 spiro atoms. The highest BCUT2D eigenvalue weighted by atomic mass is 16.5. The van der Waals surface area contributed by atoms with E-state index in [0.717, 1.165) is 13.2 Å². The third kappa shape index (κ3) is 5.03. The zero-order chi connectivity index (χ0) is 10.1. The molecule has 1 aromatic carbocycles. The van der Waals surface area contributed by atoms with Gasteiger partial charge in [0.05, 0.1) is 6.61 Å². The van der Waals surface area contributed by atoms with Gasteiger partial charge in [0.25, 0.3) is 0 Å². The summed E-state index contributed by atoms with van der Waals surface area (Å²) in [6.45, 7) is 3.82. The molecule has 0 bridgehead atoms. The Morgan fingerprint density at radius 2 is 1.93 bits per heavy atom. The van der Waals surface area contributed by atoms with E-state index in [1.807, 2.05) is 18.2 Å². The molecular formula is C13H19O. The van der Waals surface area contributed by atoms with Gasteiger partial charge in [-0.3, -0.25) is 0 Å².